The van der Waals surface area contributed by atoms with Gasteiger partial charge >= 0.3 is 5.97 Å². The van der Waals surface area contributed by atoms with Crippen molar-refractivity contribution in [3.8, 4) is 0 Å². The number of hydrogen-bond acceptors (Lipinski definition) is 4. The molecule has 0 aromatic carbocycles. The number of nitrogens with two attached hydrogens (primary N) is 1. The van der Waals surface area contributed by atoms with E-state index < -0.39 is 17.9 Å². The topological polar surface area (TPSA) is 121 Å². The third-order valence-corrected chi connectivity index (χ3v) is 1.79. The summed E-state index contributed by atoms with van der Waals surface area (Å²) < 4.78 is 0. The Morgan fingerprint density at radius 3 is 2.75 bits per heavy atom. The van der Waals surface area contributed by atoms with Gasteiger partial charge in [0.05, 0.1) is 18.6 Å². The molecule has 1 unspecified atom stereocenters. The summed E-state index contributed by atoms with van der Waals surface area (Å²) in [6.45, 7) is -0.232. The standard InChI is InChI=1S/C8H12N4O3.Cu/c9-2-7(13)12-6(8(14)15)1-5-3-10-4-11-5;/h3-4,6H,1-2,9H2,(H,10,11)(H,12,13)(H,14,15);. The number of aromatic amines is 1. The average Bonchev–Trinajstić information content (AvgIpc) is 2.69. The minimum Gasteiger partial charge on any atom is -0.480 e. The van der Waals surface area contributed by atoms with Gasteiger partial charge in [0.25, 0.3) is 0 Å². The van der Waals surface area contributed by atoms with Crippen molar-refractivity contribution in [2.24, 2.45) is 5.73 Å². The second-order valence-corrected chi connectivity index (χ2v) is 2.93. The van der Waals surface area contributed by atoms with Crippen LogP contribution < -0.4 is 11.1 Å². The van der Waals surface area contributed by atoms with Crippen LogP contribution in [0.15, 0.2) is 12.5 Å². The van der Waals surface area contributed by atoms with E-state index in [9.17, 15) is 9.59 Å². The maximum atomic E-state index is 10.9. The second kappa shape index (κ2) is 6.99. The second-order valence-electron chi connectivity index (χ2n) is 2.93. The molecular weight excluding hydrogens is 264 g/mol. The molecule has 0 saturated carbocycles. The fraction of sp³-hybridized carbons (Fsp3) is 0.375. The predicted octanol–water partition coefficient (Wildman–Crippen LogP) is -1.52. The minimum atomic E-state index is -1.11. The summed E-state index contributed by atoms with van der Waals surface area (Å²) in [4.78, 5) is 28.3. The van der Waals surface area contributed by atoms with Crippen molar-refractivity contribution >= 4 is 11.9 Å². The molecule has 0 aliphatic rings. The molecule has 0 spiro atoms. The van der Waals surface area contributed by atoms with Crippen molar-refractivity contribution in [2.75, 3.05) is 6.54 Å². The Hall–Kier alpha value is -1.37. The minimum absolute atomic E-state index is 0. The summed E-state index contributed by atoms with van der Waals surface area (Å²) in [5.74, 6) is -1.61. The molecule has 16 heavy (non-hydrogen) atoms. The normalized spacial score (nSPS) is 11.3. The van der Waals surface area contributed by atoms with Gasteiger partial charge < -0.3 is 21.1 Å². The van der Waals surface area contributed by atoms with Crippen LogP contribution in [0.4, 0.5) is 0 Å². The fourth-order valence-corrected chi connectivity index (χ4v) is 1.07. The summed E-state index contributed by atoms with van der Waals surface area (Å²) in [6.07, 6.45) is 3.15. The Bertz CT molecular complexity index is 341. The molecule has 1 rings (SSSR count). The van der Waals surface area contributed by atoms with E-state index in [1.165, 1.54) is 6.33 Å². The van der Waals surface area contributed by atoms with E-state index in [2.05, 4.69) is 15.3 Å². The van der Waals surface area contributed by atoms with E-state index in [1.54, 1.807) is 6.20 Å². The molecule has 0 saturated heterocycles. The molecular formula is C8H12CuN4O3. The number of H-pyrrole nitrogens is 1. The van der Waals surface area contributed by atoms with Gasteiger partial charge in [0.15, 0.2) is 0 Å². The molecule has 7 nitrogen and oxygen atoms in total. The number of hydrogen-bond donors (Lipinski definition) is 4. The van der Waals surface area contributed by atoms with Gasteiger partial charge in [-0.15, -0.1) is 0 Å². The smallest absolute Gasteiger partial charge is 0.326 e. The quantitative estimate of drug-likeness (QED) is 0.486. The van der Waals surface area contributed by atoms with Crippen LogP contribution >= 0.6 is 0 Å². The van der Waals surface area contributed by atoms with E-state index >= 15 is 0 Å². The molecule has 0 aliphatic carbocycles. The van der Waals surface area contributed by atoms with Crippen LogP contribution in [-0.2, 0) is 33.1 Å². The molecule has 1 radical (unpaired) electrons. The van der Waals surface area contributed by atoms with Crippen molar-refractivity contribution in [3.05, 3.63) is 18.2 Å². The molecule has 1 heterocycles. The maximum Gasteiger partial charge on any atom is 0.326 e. The number of nitrogens with one attached hydrogen (secondary N) is 2. The predicted molar refractivity (Wildman–Crippen MR) is 50.9 cm³/mol. The number of aliphatic carboxylic acids is 1. The maximum absolute atomic E-state index is 10.9. The number of imidazole rings is 1. The van der Waals surface area contributed by atoms with Crippen LogP contribution in [0.1, 0.15) is 5.69 Å². The zero-order valence-electron chi connectivity index (χ0n) is 8.24. The van der Waals surface area contributed by atoms with E-state index in [-0.39, 0.29) is 30.0 Å². The first-order valence-electron chi connectivity index (χ1n) is 4.33. The van der Waals surface area contributed by atoms with Crippen molar-refractivity contribution in [3.63, 3.8) is 0 Å². The number of carboxylic acid groups (broad SMARTS) is 1. The molecule has 5 N–H and O–H groups in total. The summed E-state index contributed by atoms with van der Waals surface area (Å²) in [7, 11) is 0. The first kappa shape index (κ1) is 14.6. The van der Waals surface area contributed by atoms with Gasteiger partial charge in [-0.25, -0.2) is 9.78 Å². The summed E-state index contributed by atoms with van der Waals surface area (Å²) >= 11 is 0. The molecule has 0 fully saturated rings. The molecule has 0 aliphatic heterocycles. The van der Waals surface area contributed by atoms with Crippen molar-refractivity contribution in [1.29, 1.82) is 0 Å². The van der Waals surface area contributed by atoms with Crippen LogP contribution in [0.25, 0.3) is 0 Å². The Morgan fingerprint density at radius 1 is 1.62 bits per heavy atom. The largest absolute Gasteiger partial charge is 0.480 e. The van der Waals surface area contributed by atoms with Crippen molar-refractivity contribution in [1.82, 2.24) is 15.3 Å². The number of carbonyl (C=O) groups is 2. The molecule has 1 atom stereocenters. The average molecular weight is 276 g/mol. The Morgan fingerprint density at radius 2 is 2.31 bits per heavy atom. The number of nitrogens with zero attached hydrogens (tertiary/aromatic N) is 1. The SMILES string of the molecule is NCC(=O)NC(Cc1c[nH]cn1)C(=O)O.[Cu]. The van der Waals surface area contributed by atoms with Crippen molar-refractivity contribution < 1.29 is 31.8 Å². The number of amides is 1. The van der Waals surface area contributed by atoms with Gasteiger partial charge in [-0.05, 0) is 0 Å². The van der Waals surface area contributed by atoms with Crippen molar-refractivity contribution in [2.45, 2.75) is 12.5 Å². The van der Waals surface area contributed by atoms with Gasteiger partial charge in [-0.2, -0.15) is 0 Å². The van der Waals surface area contributed by atoms with Gasteiger partial charge in [-0.1, -0.05) is 0 Å². The van der Waals surface area contributed by atoms with Crippen LogP contribution in [-0.4, -0.2) is 39.5 Å². The molecule has 0 bridgehead atoms. The number of carbonyl (C=O) groups excluding carboxylic acids is 1. The first-order chi connectivity index (χ1) is 7.13. The third-order valence-electron chi connectivity index (χ3n) is 1.79. The monoisotopic (exact) mass is 275 g/mol. The number of carboxylic acids is 1. The van der Waals surface area contributed by atoms with E-state index in [1.807, 2.05) is 0 Å². The first-order valence-corrected chi connectivity index (χ1v) is 4.33. The zero-order chi connectivity index (χ0) is 11.3. The summed E-state index contributed by atoms with van der Waals surface area (Å²) in [5, 5.41) is 11.1. The number of aromatic nitrogens is 2. The summed E-state index contributed by atoms with van der Waals surface area (Å²) in [6, 6.07) is -0.996. The zero-order valence-corrected chi connectivity index (χ0v) is 9.18. The van der Waals surface area contributed by atoms with Crippen LogP contribution in [0.5, 0.6) is 0 Å². The number of rotatable bonds is 5. The van der Waals surface area contributed by atoms with E-state index in [0.29, 0.717) is 5.69 Å². The van der Waals surface area contributed by atoms with Gasteiger partial charge in [0.2, 0.25) is 5.91 Å². The van der Waals surface area contributed by atoms with Crippen LogP contribution in [0.3, 0.4) is 0 Å². The van der Waals surface area contributed by atoms with Crippen LogP contribution in [0.2, 0.25) is 0 Å². The Kier molecular flexibility index (Phi) is 6.40. The fourth-order valence-electron chi connectivity index (χ4n) is 1.07. The Labute approximate surface area is 102 Å². The van der Waals surface area contributed by atoms with Gasteiger partial charge in [-0.3, -0.25) is 4.79 Å². The van der Waals surface area contributed by atoms with E-state index in [0.717, 1.165) is 0 Å². The molecule has 1 aromatic rings. The van der Waals surface area contributed by atoms with Crippen LogP contribution in [0, 0.1) is 0 Å². The third kappa shape index (κ3) is 4.43. The molecule has 8 heteroatoms. The molecule has 93 valence electrons. The van der Waals surface area contributed by atoms with Gasteiger partial charge in [0, 0.05) is 29.7 Å². The van der Waals surface area contributed by atoms with E-state index in [4.69, 9.17) is 10.8 Å². The molecule has 1 amide bonds. The Balaban J connectivity index is 0.00000225. The summed E-state index contributed by atoms with van der Waals surface area (Å²) in [5.41, 5.74) is 5.64. The van der Waals surface area contributed by atoms with Gasteiger partial charge in [0.1, 0.15) is 6.04 Å². The molecule has 1 aromatic heterocycles.